The molecule has 0 spiro atoms. The van der Waals surface area contributed by atoms with E-state index in [1.165, 1.54) is 0 Å². The molecule has 1 unspecified atom stereocenters. The first kappa shape index (κ1) is 21.6. The predicted octanol–water partition coefficient (Wildman–Crippen LogP) is 6.33. The van der Waals surface area contributed by atoms with Gasteiger partial charge in [0.25, 0.3) is 0 Å². The van der Waals surface area contributed by atoms with E-state index in [0.717, 1.165) is 38.5 Å². The molecule has 3 rings (SSSR count). The highest BCUT2D eigenvalue weighted by molar-refractivity contribution is 7.79. The number of alkyl halides is 2. The SMILES string of the molecule is O=P(O)(OC1CCCC1)C(Cl)(Cl)P(=O)(OC1CCCC1)OC1CCCC1. The molecule has 0 heterocycles. The molecule has 0 aromatic rings. The summed E-state index contributed by atoms with van der Waals surface area (Å²) < 4.78 is 40.8. The quantitative estimate of drug-likeness (QED) is 0.345. The Hall–Kier alpha value is 0.880. The molecular weight excluding hydrogens is 421 g/mol. The van der Waals surface area contributed by atoms with E-state index in [9.17, 15) is 14.0 Å². The first-order chi connectivity index (χ1) is 12.2. The number of hydrogen-bond acceptors (Lipinski definition) is 5. The maximum atomic E-state index is 13.6. The molecular formula is C16H28Cl2O6P2. The molecule has 6 nitrogen and oxygen atoms in total. The average molecular weight is 449 g/mol. The van der Waals surface area contributed by atoms with Crippen LogP contribution in [0, 0.1) is 0 Å². The second-order valence-corrected chi connectivity index (χ2v) is 14.3. The minimum absolute atomic E-state index is 0.328. The van der Waals surface area contributed by atoms with E-state index >= 15 is 0 Å². The van der Waals surface area contributed by atoms with Crippen LogP contribution in [-0.4, -0.2) is 27.0 Å². The van der Waals surface area contributed by atoms with Crippen LogP contribution in [0.25, 0.3) is 0 Å². The fourth-order valence-corrected chi connectivity index (χ4v) is 8.58. The van der Waals surface area contributed by atoms with Crippen molar-refractivity contribution in [2.24, 2.45) is 0 Å². The van der Waals surface area contributed by atoms with Gasteiger partial charge in [-0.25, -0.2) is 0 Å². The van der Waals surface area contributed by atoms with Crippen LogP contribution in [0.3, 0.4) is 0 Å². The van der Waals surface area contributed by atoms with E-state index in [4.69, 9.17) is 36.8 Å². The zero-order chi connectivity index (χ0) is 18.8. The summed E-state index contributed by atoms with van der Waals surface area (Å²) >= 11 is 12.6. The summed E-state index contributed by atoms with van der Waals surface area (Å²) in [5.41, 5.74) is 0. The molecule has 0 radical (unpaired) electrons. The van der Waals surface area contributed by atoms with E-state index in [1.54, 1.807) is 0 Å². The number of rotatable bonds is 8. The molecule has 0 aliphatic heterocycles. The highest BCUT2D eigenvalue weighted by atomic mass is 35.5. The Kier molecular flexibility index (Phi) is 7.23. The minimum atomic E-state index is -4.66. The summed E-state index contributed by atoms with van der Waals surface area (Å²) in [4.78, 5) is 10.5. The Morgan fingerprint density at radius 1 is 0.692 bits per heavy atom. The summed E-state index contributed by atoms with van der Waals surface area (Å²) in [5, 5.41) is 0. The monoisotopic (exact) mass is 448 g/mol. The summed E-state index contributed by atoms with van der Waals surface area (Å²) in [7, 11) is -8.97. The largest absolute Gasteiger partial charge is 0.379 e. The lowest BCUT2D eigenvalue weighted by molar-refractivity contribution is 0.114. The van der Waals surface area contributed by atoms with Crippen molar-refractivity contribution in [3.8, 4) is 0 Å². The Morgan fingerprint density at radius 3 is 1.35 bits per heavy atom. The predicted molar refractivity (Wildman–Crippen MR) is 102 cm³/mol. The second kappa shape index (κ2) is 8.71. The first-order valence-electron chi connectivity index (χ1n) is 9.59. The molecule has 0 aromatic carbocycles. The van der Waals surface area contributed by atoms with Gasteiger partial charge in [0.2, 0.25) is 0 Å². The topological polar surface area (TPSA) is 82.1 Å². The highest BCUT2D eigenvalue weighted by Gasteiger charge is 2.65. The van der Waals surface area contributed by atoms with Gasteiger partial charge in [-0.05, 0) is 38.5 Å². The third kappa shape index (κ3) is 4.71. The van der Waals surface area contributed by atoms with E-state index in [-0.39, 0.29) is 12.2 Å². The molecule has 0 amide bonds. The van der Waals surface area contributed by atoms with Crippen molar-refractivity contribution < 1.29 is 27.6 Å². The van der Waals surface area contributed by atoms with Gasteiger partial charge >= 0.3 is 19.0 Å². The molecule has 3 aliphatic carbocycles. The van der Waals surface area contributed by atoms with Crippen molar-refractivity contribution in [1.82, 2.24) is 0 Å². The third-order valence-corrected chi connectivity index (χ3v) is 12.5. The van der Waals surface area contributed by atoms with Gasteiger partial charge in [-0.1, -0.05) is 61.7 Å². The highest BCUT2D eigenvalue weighted by Crippen LogP contribution is 2.81. The molecule has 10 heteroatoms. The van der Waals surface area contributed by atoms with Crippen LogP contribution < -0.4 is 0 Å². The Bertz CT molecular complexity index is 547. The van der Waals surface area contributed by atoms with Crippen molar-refractivity contribution >= 4 is 38.4 Å². The molecule has 0 aromatic heterocycles. The van der Waals surface area contributed by atoms with Crippen molar-refractivity contribution in [1.29, 1.82) is 0 Å². The van der Waals surface area contributed by atoms with Gasteiger partial charge in [-0.15, -0.1) is 0 Å². The van der Waals surface area contributed by atoms with E-state index in [0.29, 0.717) is 38.5 Å². The van der Waals surface area contributed by atoms with Gasteiger partial charge in [0.1, 0.15) is 0 Å². The Balaban J connectivity index is 1.81. The normalized spacial score (nSPS) is 26.6. The van der Waals surface area contributed by atoms with Crippen molar-refractivity contribution in [2.45, 2.75) is 99.2 Å². The molecule has 26 heavy (non-hydrogen) atoms. The molecule has 1 N–H and O–H groups in total. The zero-order valence-corrected chi connectivity index (χ0v) is 18.2. The van der Waals surface area contributed by atoms with Gasteiger partial charge in [-0.3, -0.25) is 9.13 Å². The van der Waals surface area contributed by atoms with Crippen LogP contribution in [0.5, 0.6) is 0 Å². The zero-order valence-electron chi connectivity index (χ0n) is 14.9. The lowest BCUT2D eigenvalue weighted by atomic mass is 10.3. The van der Waals surface area contributed by atoms with Crippen LogP contribution in [0.15, 0.2) is 0 Å². The fraction of sp³-hybridized carbons (Fsp3) is 1.00. The van der Waals surface area contributed by atoms with Gasteiger partial charge in [0.05, 0.1) is 18.3 Å². The fourth-order valence-electron chi connectivity index (χ4n) is 3.95. The molecule has 0 saturated heterocycles. The first-order valence-corrected chi connectivity index (χ1v) is 13.5. The summed E-state index contributed by atoms with van der Waals surface area (Å²) in [6, 6.07) is 0. The van der Waals surface area contributed by atoms with Crippen molar-refractivity contribution in [2.75, 3.05) is 0 Å². The van der Waals surface area contributed by atoms with E-state index in [1.807, 2.05) is 0 Å². The smallest absolute Gasteiger partial charge is 0.322 e. The maximum Gasteiger partial charge on any atom is 0.379 e. The molecule has 3 aliphatic rings. The second-order valence-electron chi connectivity index (χ2n) is 7.56. The summed E-state index contributed by atoms with van der Waals surface area (Å²) in [6.07, 6.45) is 8.70. The van der Waals surface area contributed by atoms with E-state index in [2.05, 4.69) is 0 Å². The average Bonchev–Trinajstić information content (AvgIpc) is 3.29. The number of halogens is 2. The van der Waals surface area contributed by atoms with Crippen LogP contribution in [0.2, 0.25) is 0 Å². The van der Waals surface area contributed by atoms with Gasteiger partial charge < -0.3 is 18.5 Å². The Labute approximate surface area is 165 Å². The molecule has 1 atom stereocenters. The number of hydrogen-bond donors (Lipinski definition) is 1. The van der Waals surface area contributed by atoms with Crippen LogP contribution in [-0.2, 0) is 22.7 Å². The third-order valence-electron chi connectivity index (χ3n) is 5.44. The molecule has 3 fully saturated rings. The lowest BCUT2D eigenvalue weighted by Crippen LogP contribution is -2.26. The Morgan fingerprint density at radius 2 is 1.00 bits per heavy atom. The van der Waals surface area contributed by atoms with Gasteiger partial charge in [0.15, 0.2) is 0 Å². The standard InChI is InChI=1S/C16H28Cl2O6P2/c17-16(18,25(19,20)22-13-7-1-2-8-13)26(21,23-14-9-3-4-10-14)24-15-11-5-6-12-15/h13-15H,1-12H2,(H,19,20). The summed E-state index contributed by atoms with van der Waals surface area (Å²) in [5.74, 6) is 0. The van der Waals surface area contributed by atoms with Gasteiger partial charge in [0, 0.05) is 0 Å². The molecule has 3 saturated carbocycles. The van der Waals surface area contributed by atoms with E-state index < -0.39 is 25.1 Å². The van der Waals surface area contributed by atoms with Crippen LogP contribution in [0.1, 0.15) is 77.0 Å². The molecule has 152 valence electrons. The summed E-state index contributed by atoms with van der Waals surface area (Å²) in [6.45, 7) is 0. The van der Waals surface area contributed by atoms with Crippen LogP contribution >= 0.6 is 38.4 Å². The maximum absolute atomic E-state index is 13.6. The van der Waals surface area contributed by atoms with Crippen molar-refractivity contribution in [3.63, 3.8) is 0 Å². The van der Waals surface area contributed by atoms with Crippen molar-refractivity contribution in [3.05, 3.63) is 0 Å². The van der Waals surface area contributed by atoms with Gasteiger partial charge in [-0.2, -0.15) is 0 Å². The molecule has 0 bridgehead atoms. The van der Waals surface area contributed by atoms with Crippen LogP contribution in [0.4, 0.5) is 0 Å². The lowest BCUT2D eigenvalue weighted by Gasteiger charge is -2.35. The minimum Gasteiger partial charge on any atom is -0.322 e.